The number of terminal acetylenes is 1. The number of pyridine rings is 1. The Balaban J connectivity index is 0.000000327. The van der Waals surface area contributed by atoms with E-state index in [1.54, 1.807) is 49.4 Å². The molecule has 4 rings (SSSR count). The van der Waals surface area contributed by atoms with E-state index >= 15 is 0 Å². The standard InChI is InChI=1S/C17H13ClFNO4.C12H12IN5O4S.Na/c1-3-8-22-17(21)11(2)23-13-4-6-14(7-5-13)24-16-15(19)9-12(18)10-20-16;1-7-14-10(17-12(15-7)22-2)16-11(19)18-23(20,21)9-6-4-3-5-8(9)13;/h1,4-7,9-11H,8H2,2H3;3-6H,1-2H3,(H2,14,15,16,17,18,19);/q;;+1/p-1/t11-;;/m1../s1. The Kier molecular flexibility index (Phi) is 16.2. The number of hydrogen-bond acceptors (Lipinski definition) is 12. The number of carbonyl (C=O) groups is 2. The maximum atomic E-state index is 13.6. The quantitative estimate of drug-likeness (QED) is 0.107. The van der Waals surface area contributed by atoms with Crippen molar-refractivity contribution < 1.29 is 70.9 Å². The smallest absolute Gasteiger partial charge is 0.479 e. The van der Waals surface area contributed by atoms with E-state index in [4.69, 9.17) is 37.0 Å². The summed E-state index contributed by atoms with van der Waals surface area (Å²) < 4.78 is 61.9. The van der Waals surface area contributed by atoms with E-state index in [2.05, 4.69) is 35.9 Å². The van der Waals surface area contributed by atoms with Crippen molar-refractivity contribution in [1.29, 1.82) is 0 Å². The van der Waals surface area contributed by atoms with Crippen LogP contribution in [0.1, 0.15) is 12.7 Å². The Hall–Kier alpha value is -3.80. The third-order valence-electron chi connectivity index (χ3n) is 5.20. The molecule has 0 bridgehead atoms. The van der Waals surface area contributed by atoms with Crippen LogP contribution in [0.15, 0.2) is 65.7 Å². The minimum absolute atomic E-state index is 0. The number of anilines is 1. The number of hydrogen-bond donors (Lipinski definition) is 1. The maximum Gasteiger partial charge on any atom is 1.00 e. The van der Waals surface area contributed by atoms with Gasteiger partial charge in [-0.25, -0.2) is 27.6 Å². The minimum Gasteiger partial charge on any atom is -0.479 e. The summed E-state index contributed by atoms with van der Waals surface area (Å²) in [6.45, 7) is 3.00. The number of esters is 1. The van der Waals surface area contributed by atoms with Crippen LogP contribution < -0.4 is 49.1 Å². The molecule has 14 nitrogen and oxygen atoms in total. The van der Waals surface area contributed by atoms with Gasteiger partial charge in [0.1, 0.15) is 17.3 Å². The molecule has 48 heavy (non-hydrogen) atoms. The molecule has 1 atom stereocenters. The molecule has 1 N–H and O–H groups in total. The van der Waals surface area contributed by atoms with Crippen LogP contribution in [0.25, 0.3) is 4.72 Å². The Morgan fingerprint density at radius 1 is 1.12 bits per heavy atom. The van der Waals surface area contributed by atoms with Crippen LogP contribution in [0.2, 0.25) is 5.02 Å². The molecular formula is C29H24ClFIN6NaO8S. The molecule has 19 heteroatoms. The van der Waals surface area contributed by atoms with E-state index in [9.17, 15) is 22.4 Å². The summed E-state index contributed by atoms with van der Waals surface area (Å²) in [6.07, 6.45) is 5.47. The van der Waals surface area contributed by atoms with Crippen molar-refractivity contribution >= 4 is 62.2 Å². The number of ether oxygens (including phenoxy) is 4. The molecule has 0 aliphatic rings. The van der Waals surface area contributed by atoms with Gasteiger partial charge in [-0.05, 0) is 78.9 Å². The number of amides is 2. The molecule has 246 valence electrons. The number of carbonyl (C=O) groups excluding carboxylic acids is 2. The van der Waals surface area contributed by atoms with Gasteiger partial charge >= 0.3 is 41.5 Å². The maximum absolute atomic E-state index is 13.6. The average molecular weight is 821 g/mol. The van der Waals surface area contributed by atoms with Crippen molar-refractivity contribution in [2.75, 3.05) is 19.0 Å². The SMILES string of the molecule is C#CCOC(=O)[C@@H](C)Oc1ccc(Oc2ncc(Cl)cc2F)cc1.COc1nc(C)nc(NC(=O)[N-]S(=O)(=O)c2ccccc2I)n1.[Na+]. The summed E-state index contributed by atoms with van der Waals surface area (Å²) in [5, 5.41) is 2.35. The predicted molar refractivity (Wildman–Crippen MR) is 175 cm³/mol. The number of rotatable bonds is 10. The molecule has 0 unspecified atom stereocenters. The van der Waals surface area contributed by atoms with Crippen LogP contribution in [0.3, 0.4) is 0 Å². The van der Waals surface area contributed by atoms with Crippen LogP contribution in [0, 0.1) is 28.7 Å². The molecule has 2 aromatic carbocycles. The van der Waals surface area contributed by atoms with Gasteiger partial charge in [0.2, 0.25) is 10.0 Å². The number of sulfonamides is 1. The second-order valence-electron chi connectivity index (χ2n) is 8.71. The van der Waals surface area contributed by atoms with Gasteiger partial charge in [0.15, 0.2) is 30.5 Å². The van der Waals surface area contributed by atoms with E-state index in [1.807, 2.05) is 22.6 Å². The van der Waals surface area contributed by atoms with Crippen LogP contribution in [0.5, 0.6) is 23.4 Å². The molecule has 0 spiro atoms. The zero-order chi connectivity index (χ0) is 34.6. The average Bonchev–Trinajstić information content (AvgIpc) is 3.01. The summed E-state index contributed by atoms with van der Waals surface area (Å²) >= 11 is 7.47. The second-order valence-corrected chi connectivity index (χ2v) is 11.9. The van der Waals surface area contributed by atoms with Gasteiger partial charge in [-0.15, -0.1) is 6.42 Å². The fraction of sp³-hybridized carbons (Fsp3) is 0.172. The first-order chi connectivity index (χ1) is 22.3. The van der Waals surface area contributed by atoms with Gasteiger partial charge in [-0.1, -0.05) is 29.7 Å². The first-order valence-electron chi connectivity index (χ1n) is 13.0. The topological polar surface area (TPSA) is 183 Å². The Morgan fingerprint density at radius 2 is 1.79 bits per heavy atom. The molecule has 2 aromatic heterocycles. The van der Waals surface area contributed by atoms with E-state index in [1.165, 1.54) is 26.3 Å². The largest absolute Gasteiger partial charge is 1.00 e. The van der Waals surface area contributed by atoms with Crippen molar-refractivity contribution in [2.24, 2.45) is 0 Å². The molecule has 2 amide bonds. The predicted octanol–water partition coefficient (Wildman–Crippen LogP) is 2.70. The number of aromatic nitrogens is 4. The molecule has 0 aliphatic carbocycles. The van der Waals surface area contributed by atoms with Crippen molar-refractivity contribution in [2.45, 2.75) is 24.8 Å². The molecule has 0 radical (unpaired) electrons. The van der Waals surface area contributed by atoms with Gasteiger partial charge in [0.25, 0.3) is 5.88 Å². The zero-order valence-electron chi connectivity index (χ0n) is 25.7. The summed E-state index contributed by atoms with van der Waals surface area (Å²) in [7, 11) is -2.78. The number of benzene rings is 2. The van der Waals surface area contributed by atoms with Crippen LogP contribution in [-0.2, 0) is 19.6 Å². The number of nitrogens with zero attached hydrogens (tertiary/aromatic N) is 5. The first-order valence-corrected chi connectivity index (χ1v) is 15.9. The Morgan fingerprint density at radius 3 is 2.42 bits per heavy atom. The van der Waals surface area contributed by atoms with E-state index in [0.717, 1.165) is 6.07 Å². The van der Waals surface area contributed by atoms with Gasteiger partial charge in [-0.2, -0.15) is 9.97 Å². The summed E-state index contributed by atoms with van der Waals surface area (Å²) in [5.74, 6) is 1.67. The number of urea groups is 1. The van der Waals surface area contributed by atoms with E-state index in [0.29, 0.717) is 20.9 Å². The van der Waals surface area contributed by atoms with Crippen molar-refractivity contribution in [3.05, 3.63) is 85.8 Å². The van der Waals surface area contributed by atoms with Crippen molar-refractivity contribution in [3.63, 3.8) is 0 Å². The fourth-order valence-electron chi connectivity index (χ4n) is 3.19. The van der Waals surface area contributed by atoms with Gasteiger partial charge in [-0.3, -0.25) is 4.79 Å². The zero-order valence-corrected chi connectivity index (χ0v) is 31.4. The van der Waals surface area contributed by atoms with Crippen molar-refractivity contribution in [3.8, 4) is 35.7 Å². The number of aryl methyl sites for hydroxylation is 1. The molecule has 2 heterocycles. The normalized spacial score (nSPS) is 10.9. The van der Waals surface area contributed by atoms with Gasteiger partial charge in [0.05, 0.1) is 17.0 Å². The Bertz CT molecular complexity index is 1890. The van der Waals surface area contributed by atoms with Gasteiger partial charge in [0, 0.05) is 9.77 Å². The molecule has 0 saturated heterocycles. The molecule has 4 aromatic rings. The summed E-state index contributed by atoms with van der Waals surface area (Å²) in [4.78, 5) is 38.6. The molecular weight excluding hydrogens is 797 g/mol. The van der Waals surface area contributed by atoms with Crippen molar-refractivity contribution in [1.82, 2.24) is 19.9 Å². The summed E-state index contributed by atoms with van der Waals surface area (Å²) in [6, 6.07) is 12.4. The van der Waals surface area contributed by atoms with Crippen LogP contribution >= 0.6 is 34.2 Å². The minimum atomic E-state index is -4.13. The number of nitrogens with one attached hydrogen (secondary N) is 1. The fourth-order valence-corrected chi connectivity index (χ4v) is 5.49. The Labute approximate surface area is 316 Å². The first kappa shape index (κ1) is 40.4. The van der Waals surface area contributed by atoms with E-state index < -0.39 is 33.9 Å². The molecule has 0 aliphatic heterocycles. The molecule has 0 saturated carbocycles. The van der Waals surface area contributed by atoms with Crippen LogP contribution in [0.4, 0.5) is 15.1 Å². The third-order valence-corrected chi connectivity index (χ3v) is 8.03. The summed E-state index contributed by atoms with van der Waals surface area (Å²) in [5.41, 5.74) is 0. The third kappa shape index (κ3) is 12.7. The van der Waals surface area contributed by atoms with Crippen LogP contribution in [-0.4, -0.2) is 60.2 Å². The number of methoxy groups -OCH3 is 1. The second kappa shape index (κ2) is 19.3. The van der Waals surface area contributed by atoms with Gasteiger partial charge < -0.3 is 29.0 Å². The number of halogens is 3. The monoisotopic (exact) mass is 820 g/mol. The van der Waals surface area contributed by atoms with E-state index in [-0.39, 0.29) is 63.9 Å². The molecule has 0 fully saturated rings.